The summed E-state index contributed by atoms with van der Waals surface area (Å²) >= 11 is 0. The Morgan fingerprint density at radius 3 is 2.80 bits per heavy atom. The van der Waals surface area contributed by atoms with E-state index in [0.29, 0.717) is 0 Å². The first kappa shape index (κ1) is 11.5. The van der Waals surface area contributed by atoms with Gasteiger partial charge in [0.25, 0.3) is 0 Å². The summed E-state index contributed by atoms with van der Waals surface area (Å²) in [6.07, 6.45) is -1.90. The van der Waals surface area contributed by atoms with E-state index in [0.717, 1.165) is 0 Å². The molecule has 0 spiro atoms. The fourth-order valence-corrected chi connectivity index (χ4v) is 1.22. The molecule has 15 heavy (non-hydrogen) atoms. The Morgan fingerprint density at radius 2 is 2.27 bits per heavy atom. The lowest BCUT2D eigenvalue weighted by molar-refractivity contribution is -0.139. The number of rotatable bonds is 4. The van der Waals surface area contributed by atoms with Crippen LogP contribution in [-0.2, 0) is 4.79 Å². The number of halogens is 1. The molecule has 0 aromatic heterocycles. The zero-order valence-electron chi connectivity index (χ0n) is 8.11. The SMILES string of the molecule is COc1cccc(C(O)CC(=O)O)c1F. The molecule has 0 bridgehead atoms. The van der Waals surface area contributed by atoms with Crippen molar-refractivity contribution in [2.45, 2.75) is 12.5 Å². The van der Waals surface area contributed by atoms with Gasteiger partial charge in [0.05, 0.1) is 19.6 Å². The van der Waals surface area contributed by atoms with E-state index in [1.165, 1.54) is 25.3 Å². The van der Waals surface area contributed by atoms with Crippen LogP contribution in [0.4, 0.5) is 4.39 Å². The normalized spacial score (nSPS) is 12.2. The highest BCUT2D eigenvalue weighted by atomic mass is 19.1. The highest BCUT2D eigenvalue weighted by Crippen LogP contribution is 2.26. The summed E-state index contributed by atoms with van der Waals surface area (Å²) in [6.45, 7) is 0. The lowest BCUT2D eigenvalue weighted by Crippen LogP contribution is -2.07. The van der Waals surface area contributed by atoms with Crippen LogP contribution >= 0.6 is 0 Å². The van der Waals surface area contributed by atoms with Gasteiger partial charge in [-0.3, -0.25) is 4.79 Å². The molecule has 1 rings (SSSR count). The lowest BCUT2D eigenvalue weighted by Gasteiger charge is -2.11. The van der Waals surface area contributed by atoms with Crippen molar-refractivity contribution >= 4 is 5.97 Å². The van der Waals surface area contributed by atoms with E-state index in [2.05, 4.69) is 0 Å². The highest BCUT2D eigenvalue weighted by Gasteiger charge is 2.18. The zero-order chi connectivity index (χ0) is 11.4. The van der Waals surface area contributed by atoms with Gasteiger partial charge in [-0.25, -0.2) is 4.39 Å². The molecule has 0 aliphatic rings. The number of hydrogen-bond donors (Lipinski definition) is 2. The third kappa shape index (κ3) is 2.66. The molecule has 0 amide bonds. The number of carbonyl (C=O) groups is 1. The molecule has 1 atom stereocenters. The van der Waals surface area contributed by atoms with E-state index in [4.69, 9.17) is 9.84 Å². The van der Waals surface area contributed by atoms with Crippen LogP contribution in [0.3, 0.4) is 0 Å². The van der Waals surface area contributed by atoms with E-state index >= 15 is 0 Å². The first-order valence-electron chi connectivity index (χ1n) is 4.28. The Morgan fingerprint density at radius 1 is 1.60 bits per heavy atom. The van der Waals surface area contributed by atoms with Crippen molar-refractivity contribution in [2.24, 2.45) is 0 Å². The van der Waals surface area contributed by atoms with Gasteiger partial charge in [-0.05, 0) is 6.07 Å². The number of benzene rings is 1. The average molecular weight is 214 g/mol. The fraction of sp³-hybridized carbons (Fsp3) is 0.300. The lowest BCUT2D eigenvalue weighted by atomic mass is 10.1. The van der Waals surface area contributed by atoms with Gasteiger partial charge in [0.1, 0.15) is 0 Å². The molecular weight excluding hydrogens is 203 g/mol. The van der Waals surface area contributed by atoms with Gasteiger partial charge in [-0.2, -0.15) is 0 Å². The minimum atomic E-state index is -1.36. The van der Waals surface area contributed by atoms with Crippen LogP contribution < -0.4 is 4.74 Å². The molecule has 1 aromatic rings. The molecule has 2 N–H and O–H groups in total. The molecule has 4 nitrogen and oxygen atoms in total. The third-order valence-electron chi connectivity index (χ3n) is 1.94. The summed E-state index contributed by atoms with van der Waals surface area (Å²) in [7, 11) is 1.30. The Kier molecular flexibility index (Phi) is 3.62. The second-order valence-corrected chi connectivity index (χ2v) is 2.98. The molecule has 0 saturated carbocycles. The van der Waals surface area contributed by atoms with Crippen LogP contribution in [0.1, 0.15) is 18.1 Å². The van der Waals surface area contributed by atoms with Crippen molar-refractivity contribution < 1.29 is 24.1 Å². The number of methoxy groups -OCH3 is 1. The average Bonchev–Trinajstić information content (AvgIpc) is 2.17. The number of carboxylic acids is 1. The van der Waals surface area contributed by atoms with Gasteiger partial charge >= 0.3 is 5.97 Å². The van der Waals surface area contributed by atoms with Crippen molar-refractivity contribution in [3.8, 4) is 5.75 Å². The summed E-state index contributed by atoms with van der Waals surface area (Å²) in [5.41, 5.74) is -0.0725. The van der Waals surface area contributed by atoms with Gasteiger partial charge < -0.3 is 14.9 Å². The fourth-order valence-electron chi connectivity index (χ4n) is 1.22. The monoisotopic (exact) mass is 214 g/mol. The minimum Gasteiger partial charge on any atom is -0.494 e. The second kappa shape index (κ2) is 4.75. The zero-order valence-corrected chi connectivity index (χ0v) is 8.11. The number of aliphatic hydroxyl groups is 1. The standard InChI is InChI=1S/C10H11FO4/c1-15-8-4-2-3-6(10(8)11)7(12)5-9(13)14/h2-4,7,12H,5H2,1H3,(H,13,14). The molecule has 0 aliphatic carbocycles. The smallest absolute Gasteiger partial charge is 0.306 e. The molecule has 5 heteroatoms. The van der Waals surface area contributed by atoms with E-state index < -0.39 is 24.3 Å². The summed E-state index contributed by atoms with van der Waals surface area (Å²) in [6, 6.07) is 4.21. The maximum atomic E-state index is 13.5. The Balaban J connectivity index is 2.98. The summed E-state index contributed by atoms with van der Waals surface area (Å²) in [5, 5.41) is 17.9. The van der Waals surface area contributed by atoms with Gasteiger partial charge in [-0.15, -0.1) is 0 Å². The maximum absolute atomic E-state index is 13.5. The van der Waals surface area contributed by atoms with E-state index in [9.17, 15) is 14.3 Å². The summed E-state index contributed by atoms with van der Waals surface area (Å²) in [4.78, 5) is 10.3. The van der Waals surface area contributed by atoms with Crippen LogP contribution in [0.5, 0.6) is 5.75 Å². The summed E-state index contributed by atoms with van der Waals surface area (Å²) in [5.74, 6) is -1.93. The minimum absolute atomic E-state index is 0.0167. The quantitative estimate of drug-likeness (QED) is 0.793. The van der Waals surface area contributed by atoms with Gasteiger partial charge in [0.2, 0.25) is 0 Å². The first-order valence-corrected chi connectivity index (χ1v) is 4.28. The third-order valence-corrected chi connectivity index (χ3v) is 1.94. The first-order chi connectivity index (χ1) is 7.06. The number of aliphatic hydroxyl groups excluding tert-OH is 1. The molecule has 0 radical (unpaired) electrons. The van der Waals surface area contributed by atoms with Crippen LogP contribution in [0.2, 0.25) is 0 Å². The van der Waals surface area contributed by atoms with Crippen LogP contribution in [-0.4, -0.2) is 23.3 Å². The van der Waals surface area contributed by atoms with Crippen molar-refractivity contribution in [2.75, 3.05) is 7.11 Å². The Hall–Kier alpha value is -1.62. The molecule has 0 saturated heterocycles. The topological polar surface area (TPSA) is 66.8 Å². The molecule has 0 heterocycles. The van der Waals surface area contributed by atoms with Crippen LogP contribution in [0, 0.1) is 5.82 Å². The predicted octanol–water partition coefficient (Wildman–Crippen LogP) is 1.34. The van der Waals surface area contributed by atoms with Crippen LogP contribution in [0.15, 0.2) is 18.2 Å². The predicted molar refractivity (Wildman–Crippen MR) is 50.2 cm³/mol. The molecular formula is C10H11FO4. The van der Waals surface area contributed by atoms with E-state index in [1.807, 2.05) is 0 Å². The second-order valence-electron chi connectivity index (χ2n) is 2.98. The largest absolute Gasteiger partial charge is 0.494 e. The van der Waals surface area contributed by atoms with Crippen molar-refractivity contribution in [1.82, 2.24) is 0 Å². The van der Waals surface area contributed by atoms with E-state index in [1.54, 1.807) is 0 Å². The Bertz CT molecular complexity index is 364. The van der Waals surface area contributed by atoms with Crippen molar-refractivity contribution in [3.63, 3.8) is 0 Å². The molecule has 0 aliphatic heterocycles. The molecule has 1 unspecified atom stereocenters. The highest BCUT2D eigenvalue weighted by molar-refractivity contribution is 5.67. The molecule has 1 aromatic carbocycles. The number of hydrogen-bond acceptors (Lipinski definition) is 3. The van der Waals surface area contributed by atoms with Gasteiger partial charge in [0.15, 0.2) is 11.6 Å². The van der Waals surface area contributed by atoms with Crippen LogP contribution in [0.25, 0.3) is 0 Å². The number of aliphatic carboxylic acids is 1. The molecule has 0 fully saturated rings. The summed E-state index contributed by atoms with van der Waals surface area (Å²) < 4.78 is 18.2. The number of ether oxygens (including phenoxy) is 1. The molecule has 82 valence electrons. The maximum Gasteiger partial charge on any atom is 0.306 e. The Labute approximate surface area is 85.9 Å². The van der Waals surface area contributed by atoms with Gasteiger partial charge in [-0.1, -0.05) is 12.1 Å². The van der Waals surface area contributed by atoms with Gasteiger partial charge in [0, 0.05) is 5.56 Å². The van der Waals surface area contributed by atoms with E-state index in [-0.39, 0.29) is 11.3 Å². The van der Waals surface area contributed by atoms with Crippen molar-refractivity contribution in [3.05, 3.63) is 29.6 Å². The number of carboxylic acid groups (broad SMARTS) is 1. The van der Waals surface area contributed by atoms with Crippen molar-refractivity contribution in [1.29, 1.82) is 0 Å².